The van der Waals surface area contributed by atoms with Crippen molar-refractivity contribution in [2.24, 2.45) is 0 Å². The van der Waals surface area contributed by atoms with Crippen LogP contribution in [0.3, 0.4) is 0 Å². The van der Waals surface area contributed by atoms with E-state index in [1.54, 1.807) is 6.07 Å². The number of hydrogen-bond acceptors (Lipinski definition) is 2. The Kier molecular flexibility index (Phi) is 5.69. The highest BCUT2D eigenvalue weighted by atomic mass is 35.5. The molecule has 0 aliphatic carbocycles. The predicted molar refractivity (Wildman–Crippen MR) is 77.7 cm³/mol. The molecule has 0 aliphatic rings. The maximum absolute atomic E-state index is 12.4. The van der Waals surface area contributed by atoms with Crippen LogP contribution in [0, 0.1) is 0 Å². The van der Waals surface area contributed by atoms with E-state index in [2.05, 4.69) is 0 Å². The SMILES string of the molecule is FC(F)(F)c1ccc(COCOc2ccccc2CCl)cc1. The van der Waals surface area contributed by atoms with E-state index in [1.807, 2.05) is 18.2 Å². The zero-order valence-corrected chi connectivity index (χ0v) is 12.3. The first kappa shape index (κ1) is 16.6. The van der Waals surface area contributed by atoms with Crippen LogP contribution in [0.25, 0.3) is 0 Å². The fourth-order valence-electron chi connectivity index (χ4n) is 1.81. The summed E-state index contributed by atoms with van der Waals surface area (Å²) >= 11 is 5.78. The van der Waals surface area contributed by atoms with Gasteiger partial charge in [-0.25, -0.2) is 0 Å². The molecule has 0 aliphatic heterocycles. The van der Waals surface area contributed by atoms with E-state index >= 15 is 0 Å². The minimum atomic E-state index is -4.33. The zero-order valence-electron chi connectivity index (χ0n) is 11.6. The van der Waals surface area contributed by atoms with Crippen molar-refractivity contribution in [1.82, 2.24) is 0 Å². The molecule has 0 amide bonds. The zero-order chi connectivity index (χ0) is 16.0. The first-order chi connectivity index (χ1) is 10.5. The van der Waals surface area contributed by atoms with Crippen LogP contribution in [0.5, 0.6) is 5.75 Å². The average molecular weight is 331 g/mol. The van der Waals surface area contributed by atoms with Gasteiger partial charge in [-0.15, -0.1) is 11.6 Å². The average Bonchev–Trinajstić information content (AvgIpc) is 2.51. The Balaban J connectivity index is 1.82. The summed E-state index contributed by atoms with van der Waals surface area (Å²) in [6.45, 7) is 0.163. The van der Waals surface area contributed by atoms with E-state index in [4.69, 9.17) is 21.1 Å². The van der Waals surface area contributed by atoms with Crippen molar-refractivity contribution in [3.8, 4) is 5.75 Å². The molecule has 0 radical (unpaired) electrons. The molecule has 2 nitrogen and oxygen atoms in total. The normalized spacial score (nSPS) is 11.5. The first-order valence-electron chi connectivity index (χ1n) is 6.51. The molecule has 0 saturated heterocycles. The summed E-state index contributed by atoms with van der Waals surface area (Å²) in [7, 11) is 0. The molecule has 22 heavy (non-hydrogen) atoms. The minimum absolute atomic E-state index is 0.00504. The van der Waals surface area contributed by atoms with Gasteiger partial charge < -0.3 is 9.47 Å². The molecule has 2 aromatic carbocycles. The van der Waals surface area contributed by atoms with E-state index < -0.39 is 11.7 Å². The highest BCUT2D eigenvalue weighted by molar-refractivity contribution is 6.17. The minimum Gasteiger partial charge on any atom is -0.467 e. The number of ether oxygens (including phenoxy) is 2. The van der Waals surface area contributed by atoms with Crippen LogP contribution >= 0.6 is 11.6 Å². The van der Waals surface area contributed by atoms with Gasteiger partial charge in [-0.1, -0.05) is 30.3 Å². The number of rotatable bonds is 6. The Morgan fingerprint density at radius 3 is 2.27 bits per heavy atom. The third kappa shape index (κ3) is 4.64. The molecular formula is C16H14ClF3O2. The molecule has 6 heteroatoms. The van der Waals surface area contributed by atoms with E-state index in [-0.39, 0.29) is 13.4 Å². The van der Waals surface area contributed by atoms with Crippen molar-refractivity contribution in [2.45, 2.75) is 18.7 Å². The second-order valence-corrected chi connectivity index (χ2v) is 4.81. The molecule has 0 fully saturated rings. The van der Waals surface area contributed by atoms with Crippen molar-refractivity contribution in [3.05, 3.63) is 65.2 Å². The second-order valence-electron chi connectivity index (χ2n) is 4.55. The Bertz CT molecular complexity index is 597. The van der Waals surface area contributed by atoms with Gasteiger partial charge in [0.25, 0.3) is 0 Å². The summed E-state index contributed by atoms with van der Waals surface area (Å²) in [5.74, 6) is 0.958. The van der Waals surface area contributed by atoms with E-state index in [9.17, 15) is 13.2 Å². The van der Waals surface area contributed by atoms with Crippen LogP contribution in [0.2, 0.25) is 0 Å². The van der Waals surface area contributed by atoms with E-state index in [0.29, 0.717) is 17.2 Å². The summed E-state index contributed by atoms with van der Waals surface area (Å²) in [6, 6.07) is 12.1. The summed E-state index contributed by atoms with van der Waals surface area (Å²) in [5, 5.41) is 0. The molecule has 118 valence electrons. The molecule has 0 bridgehead atoms. The van der Waals surface area contributed by atoms with Gasteiger partial charge in [-0.2, -0.15) is 13.2 Å². The lowest BCUT2D eigenvalue weighted by Crippen LogP contribution is -2.06. The van der Waals surface area contributed by atoms with Crippen molar-refractivity contribution in [3.63, 3.8) is 0 Å². The van der Waals surface area contributed by atoms with Gasteiger partial charge in [0.1, 0.15) is 5.75 Å². The van der Waals surface area contributed by atoms with Gasteiger partial charge in [0.05, 0.1) is 18.1 Å². The maximum atomic E-state index is 12.4. The fourth-order valence-corrected chi connectivity index (χ4v) is 2.03. The Hall–Kier alpha value is -1.72. The van der Waals surface area contributed by atoms with Crippen LogP contribution in [-0.2, 0) is 23.4 Å². The van der Waals surface area contributed by atoms with Gasteiger partial charge in [0.2, 0.25) is 0 Å². The van der Waals surface area contributed by atoms with Gasteiger partial charge in [-0.3, -0.25) is 0 Å². The second kappa shape index (κ2) is 7.51. The lowest BCUT2D eigenvalue weighted by atomic mass is 10.1. The molecule has 0 N–H and O–H groups in total. The molecule has 0 aromatic heterocycles. The van der Waals surface area contributed by atoms with E-state index in [1.165, 1.54) is 12.1 Å². The quantitative estimate of drug-likeness (QED) is 0.421. The van der Waals surface area contributed by atoms with Crippen molar-refractivity contribution < 1.29 is 22.6 Å². The number of para-hydroxylation sites is 1. The van der Waals surface area contributed by atoms with E-state index in [0.717, 1.165) is 17.7 Å². The standard InChI is InChI=1S/C16H14ClF3O2/c17-9-13-3-1-2-4-15(13)22-11-21-10-12-5-7-14(8-6-12)16(18,19)20/h1-8H,9-11H2. The molecular weight excluding hydrogens is 317 g/mol. The lowest BCUT2D eigenvalue weighted by molar-refractivity contribution is -0.137. The van der Waals surface area contributed by atoms with Crippen molar-refractivity contribution in [1.29, 1.82) is 0 Å². The monoisotopic (exact) mass is 330 g/mol. The van der Waals surface area contributed by atoms with Crippen molar-refractivity contribution >= 4 is 11.6 Å². The van der Waals surface area contributed by atoms with Crippen LogP contribution in [0.1, 0.15) is 16.7 Å². The highest BCUT2D eigenvalue weighted by Crippen LogP contribution is 2.29. The number of benzene rings is 2. The lowest BCUT2D eigenvalue weighted by Gasteiger charge is -2.11. The Morgan fingerprint density at radius 2 is 1.64 bits per heavy atom. The predicted octanol–water partition coefficient (Wildman–Crippen LogP) is 5.00. The molecule has 0 heterocycles. The number of hydrogen-bond donors (Lipinski definition) is 0. The van der Waals surface area contributed by atoms with Gasteiger partial charge >= 0.3 is 6.18 Å². The Labute approximate surface area is 131 Å². The smallest absolute Gasteiger partial charge is 0.416 e. The summed E-state index contributed by atoms with van der Waals surface area (Å²) in [6.07, 6.45) is -4.33. The highest BCUT2D eigenvalue weighted by Gasteiger charge is 2.29. The number of halogens is 4. The van der Waals surface area contributed by atoms with Crippen LogP contribution in [0.15, 0.2) is 48.5 Å². The first-order valence-corrected chi connectivity index (χ1v) is 7.04. The topological polar surface area (TPSA) is 18.5 Å². The van der Waals surface area contributed by atoms with Gasteiger partial charge in [0, 0.05) is 5.56 Å². The molecule has 2 rings (SSSR count). The number of alkyl halides is 4. The summed E-state index contributed by atoms with van der Waals surface area (Å²) in [4.78, 5) is 0. The molecule has 2 aromatic rings. The van der Waals surface area contributed by atoms with Crippen LogP contribution in [0.4, 0.5) is 13.2 Å². The third-order valence-corrected chi connectivity index (χ3v) is 3.25. The molecule has 0 spiro atoms. The third-order valence-electron chi connectivity index (χ3n) is 2.96. The molecule has 0 atom stereocenters. The molecule has 0 unspecified atom stereocenters. The molecule has 0 saturated carbocycles. The van der Waals surface area contributed by atoms with Gasteiger partial charge in [0.15, 0.2) is 6.79 Å². The summed E-state index contributed by atoms with van der Waals surface area (Å²) < 4.78 is 48.0. The Morgan fingerprint density at radius 1 is 0.955 bits per heavy atom. The largest absolute Gasteiger partial charge is 0.467 e. The van der Waals surface area contributed by atoms with Crippen LogP contribution < -0.4 is 4.74 Å². The van der Waals surface area contributed by atoms with Crippen LogP contribution in [-0.4, -0.2) is 6.79 Å². The maximum Gasteiger partial charge on any atom is 0.416 e. The summed E-state index contributed by atoms with van der Waals surface area (Å²) in [5.41, 5.74) is 0.813. The van der Waals surface area contributed by atoms with Crippen molar-refractivity contribution in [2.75, 3.05) is 6.79 Å². The fraction of sp³-hybridized carbons (Fsp3) is 0.250. The van der Waals surface area contributed by atoms with Gasteiger partial charge in [-0.05, 0) is 23.8 Å².